The van der Waals surface area contributed by atoms with E-state index >= 15 is 0 Å². The summed E-state index contributed by atoms with van der Waals surface area (Å²) in [5, 5.41) is 2.38. The third-order valence-electron chi connectivity index (χ3n) is 7.93. The van der Waals surface area contributed by atoms with E-state index in [1.807, 2.05) is 37.8 Å². The number of rotatable bonds is 4. The molecule has 37 heavy (non-hydrogen) atoms. The van der Waals surface area contributed by atoms with Crippen molar-refractivity contribution < 1.29 is 19.1 Å². The van der Waals surface area contributed by atoms with Gasteiger partial charge in [0.25, 0.3) is 0 Å². The molecule has 0 bridgehead atoms. The standard InChI is InChI=1S/C27H40N6O4/c1-27(2,3)37-26(36)31-11-8-21(9-12-31)32-18-23(19-32)30-16-14-29(15-17-30)20-4-6-22(7-5-20)33-13-10-24(34)28-25(33)35/h4-7,21,23H,8-19H2,1-3H3,(H,28,34,35). The number of carbonyl (C=O) groups is 3. The minimum absolute atomic E-state index is 0.187. The molecule has 202 valence electrons. The Morgan fingerprint density at radius 1 is 0.838 bits per heavy atom. The molecule has 4 fully saturated rings. The number of piperidine rings is 1. The van der Waals surface area contributed by atoms with Crippen molar-refractivity contribution >= 4 is 29.4 Å². The van der Waals surface area contributed by atoms with Crippen LogP contribution in [0.25, 0.3) is 0 Å². The van der Waals surface area contributed by atoms with Gasteiger partial charge in [0.05, 0.1) is 0 Å². The second kappa shape index (κ2) is 10.5. The van der Waals surface area contributed by atoms with Gasteiger partial charge in [-0.15, -0.1) is 0 Å². The average Bonchev–Trinajstić information content (AvgIpc) is 2.83. The molecule has 1 N–H and O–H groups in total. The number of nitrogens with one attached hydrogen (secondary N) is 1. The Bertz CT molecular complexity index is 987. The van der Waals surface area contributed by atoms with Gasteiger partial charge in [-0.2, -0.15) is 0 Å². The largest absolute Gasteiger partial charge is 0.444 e. The van der Waals surface area contributed by atoms with E-state index in [0.717, 1.165) is 70.9 Å². The Hall–Kier alpha value is -2.85. The highest BCUT2D eigenvalue weighted by atomic mass is 16.6. The fourth-order valence-corrected chi connectivity index (χ4v) is 5.76. The van der Waals surface area contributed by atoms with Gasteiger partial charge < -0.3 is 14.5 Å². The second-order valence-corrected chi connectivity index (χ2v) is 11.6. The smallest absolute Gasteiger partial charge is 0.410 e. The van der Waals surface area contributed by atoms with E-state index in [4.69, 9.17) is 4.74 Å². The lowest BCUT2D eigenvalue weighted by Crippen LogP contribution is -2.66. The maximum atomic E-state index is 12.3. The van der Waals surface area contributed by atoms with Crippen molar-refractivity contribution in [2.45, 2.75) is 57.7 Å². The molecule has 4 saturated heterocycles. The third kappa shape index (κ3) is 6.01. The maximum Gasteiger partial charge on any atom is 0.410 e. The minimum Gasteiger partial charge on any atom is -0.444 e. The van der Waals surface area contributed by atoms with E-state index in [9.17, 15) is 14.4 Å². The molecule has 10 nitrogen and oxygen atoms in total. The van der Waals surface area contributed by atoms with E-state index in [0.29, 0.717) is 25.0 Å². The highest BCUT2D eigenvalue weighted by Crippen LogP contribution is 2.28. The quantitative estimate of drug-likeness (QED) is 0.663. The van der Waals surface area contributed by atoms with Crippen LogP contribution in [0.5, 0.6) is 0 Å². The van der Waals surface area contributed by atoms with Crippen molar-refractivity contribution in [3.8, 4) is 0 Å². The summed E-state index contributed by atoms with van der Waals surface area (Å²) in [5.74, 6) is -0.214. The number of imide groups is 1. The first-order valence-corrected chi connectivity index (χ1v) is 13.6. The number of nitrogens with zero attached hydrogens (tertiary/aromatic N) is 5. The Morgan fingerprint density at radius 3 is 2.05 bits per heavy atom. The van der Waals surface area contributed by atoms with Crippen molar-refractivity contribution in [3.63, 3.8) is 0 Å². The van der Waals surface area contributed by atoms with Crippen molar-refractivity contribution in [1.82, 2.24) is 20.0 Å². The van der Waals surface area contributed by atoms with Gasteiger partial charge in [0, 0.05) is 88.8 Å². The lowest BCUT2D eigenvalue weighted by atomic mass is 9.96. The molecule has 0 saturated carbocycles. The minimum atomic E-state index is -0.444. The van der Waals surface area contributed by atoms with Crippen LogP contribution in [0.3, 0.4) is 0 Å². The van der Waals surface area contributed by atoms with Crippen LogP contribution >= 0.6 is 0 Å². The molecule has 4 heterocycles. The van der Waals surface area contributed by atoms with Crippen LogP contribution in [0.1, 0.15) is 40.0 Å². The summed E-state index contributed by atoms with van der Waals surface area (Å²) < 4.78 is 5.53. The highest BCUT2D eigenvalue weighted by Gasteiger charge is 2.39. The fraction of sp³-hybridized carbons (Fsp3) is 0.667. The first-order chi connectivity index (χ1) is 17.7. The Kier molecular flexibility index (Phi) is 7.31. The van der Waals surface area contributed by atoms with Gasteiger partial charge in [-0.1, -0.05) is 0 Å². The lowest BCUT2D eigenvalue weighted by molar-refractivity contribution is -0.120. The first-order valence-electron chi connectivity index (χ1n) is 13.6. The molecule has 5 rings (SSSR count). The summed E-state index contributed by atoms with van der Waals surface area (Å²) in [6, 6.07) is 8.92. The number of carbonyl (C=O) groups excluding carboxylic acids is 3. The van der Waals surface area contributed by atoms with Gasteiger partial charge in [0.1, 0.15) is 5.60 Å². The molecule has 4 aliphatic rings. The molecule has 1 aromatic rings. The van der Waals surface area contributed by atoms with Crippen LogP contribution in [0, 0.1) is 0 Å². The summed E-state index contributed by atoms with van der Waals surface area (Å²) in [7, 11) is 0. The Labute approximate surface area is 219 Å². The molecular weight excluding hydrogens is 472 g/mol. The molecule has 0 spiro atoms. The van der Waals surface area contributed by atoms with Gasteiger partial charge in [-0.25, -0.2) is 9.59 Å². The molecule has 0 aromatic heterocycles. The molecule has 10 heteroatoms. The number of urea groups is 1. The van der Waals surface area contributed by atoms with E-state index < -0.39 is 5.60 Å². The Balaban J connectivity index is 1.03. The number of hydrogen-bond acceptors (Lipinski definition) is 7. The number of benzene rings is 1. The van der Waals surface area contributed by atoms with E-state index in [1.54, 1.807) is 4.90 Å². The van der Waals surface area contributed by atoms with Crippen LogP contribution < -0.4 is 15.1 Å². The summed E-state index contributed by atoms with van der Waals surface area (Å²) in [4.78, 5) is 46.9. The molecule has 0 unspecified atom stereocenters. The summed E-state index contributed by atoms with van der Waals surface area (Å²) in [6.07, 6.45) is 2.18. The van der Waals surface area contributed by atoms with Crippen LogP contribution in [0.4, 0.5) is 21.0 Å². The van der Waals surface area contributed by atoms with Gasteiger partial charge in [-0.3, -0.25) is 24.8 Å². The fourth-order valence-electron chi connectivity index (χ4n) is 5.76. The first kappa shape index (κ1) is 25.8. The van der Waals surface area contributed by atoms with Crippen LogP contribution in [-0.2, 0) is 9.53 Å². The number of ether oxygens (including phenoxy) is 1. The summed E-state index contributed by atoms with van der Waals surface area (Å²) >= 11 is 0. The van der Waals surface area contributed by atoms with Gasteiger partial charge in [0.15, 0.2) is 0 Å². The number of likely N-dealkylation sites (tertiary alicyclic amines) is 2. The molecule has 0 radical (unpaired) electrons. The summed E-state index contributed by atoms with van der Waals surface area (Å²) in [6.45, 7) is 14.0. The molecule has 0 atom stereocenters. The number of anilines is 2. The molecule has 0 aliphatic carbocycles. The topological polar surface area (TPSA) is 88.7 Å². The Morgan fingerprint density at radius 2 is 1.46 bits per heavy atom. The van der Waals surface area contributed by atoms with Crippen LogP contribution in [0.2, 0.25) is 0 Å². The van der Waals surface area contributed by atoms with Crippen molar-refractivity contribution in [2.75, 3.05) is 68.7 Å². The zero-order chi connectivity index (χ0) is 26.2. The molecule has 1 aromatic carbocycles. The molecule has 4 aliphatic heterocycles. The molecule has 4 amide bonds. The van der Waals surface area contributed by atoms with Gasteiger partial charge >= 0.3 is 12.1 Å². The predicted octanol–water partition coefficient (Wildman–Crippen LogP) is 2.34. The lowest BCUT2D eigenvalue weighted by Gasteiger charge is -2.52. The van der Waals surface area contributed by atoms with E-state index in [-0.39, 0.29) is 18.0 Å². The van der Waals surface area contributed by atoms with Gasteiger partial charge in [-0.05, 0) is 57.9 Å². The van der Waals surface area contributed by atoms with Crippen LogP contribution in [-0.4, -0.2) is 109 Å². The highest BCUT2D eigenvalue weighted by molar-refractivity contribution is 6.05. The van der Waals surface area contributed by atoms with Crippen molar-refractivity contribution in [1.29, 1.82) is 0 Å². The van der Waals surface area contributed by atoms with Gasteiger partial charge in [0.2, 0.25) is 5.91 Å². The average molecular weight is 513 g/mol. The number of hydrogen-bond donors (Lipinski definition) is 1. The van der Waals surface area contributed by atoms with Crippen LogP contribution in [0.15, 0.2) is 24.3 Å². The second-order valence-electron chi connectivity index (χ2n) is 11.6. The number of amides is 4. The van der Waals surface area contributed by atoms with Crippen molar-refractivity contribution in [2.24, 2.45) is 0 Å². The van der Waals surface area contributed by atoms with E-state index in [2.05, 4.69) is 32.1 Å². The normalized spacial score (nSPS) is 23.2. The monoisotopic (exact) mass is 512 g/mol. The SMILES string of the molecule is CC(C)(C)OC(=O)N1CCC(N2CC(N3CCN(c4ccc(N5CCC(=O)NC5=O)cc4)CC3)C2)CC1. The van der Waals surface area contributed by atoms with E-state index in [1.165, 1.54) is 5.69 Å². The zero-order valence-electron chi connectivity index (χ0n) is 22.3. The maximum absolute atomic E-state index is 12.3. The molecular formula is C27H40N6O4. The summed E-state index contributed by atoms with van der Waals surface area (Å²) in [5.41, 5.74) is 1.54. The zero-order valence-corrected chi connectivity index (χ0v) is 22.3. The predicted molar refractivity (Wildman–Crippen MR) is 142 cm³/mol. The third-order valence-corrected chi connectivity index (χ3v) is 7.93. The van der Waals surface area contributed by atoms with Crippen molar-refractivity contribution in [3.05, 3.63) is 24.3 Å². The number of piperazine rings is 1.